The molecule has 178 valence electrons. The first-order chi connectivity index (χ1) is 17.1. The summed E-state index contributed by atoms with van der Waals surface area (Å²) in [5.41, 5.74) is 5.44. The maximum absolute atomic E-state index is 6.31. The number of nitrogens with zero attached hydrogens (tertiary/aromatic N) is 1. The zero-order valence-corrected chi connectivity index (χ0v) is 20.8. The molecule has 0 spiro atoms. The fraction of sp³-hybridized carbons (Fsp3) is 0.194. The Hall–Kier alpha value is -4.05. The Labute approximate surface area is 208 Å². The van der Waals surface area contributed by atoms with Gasteiger partial charge in [0.15, 0.2) is 5.71 Å². The molecule has 2 aromatic rings. The molecule has 0 saturated carbocycles. The molecule has 1 aliphatic carbocycles. The third kappa shape index (κ3) is 6.30. The number of benzene rings is 2. The lowest BCUT2D eigenvalue weighted by Gasteiger charge is -2.19. The van der Waals surface area contributed by atoms with Crippen LogP contribution < -0.4 is 9.47 Å². The van der Waals surface area contributed by atoms with Gasteiger partial charge in [0.05, 0.1) is 13.2 Å². The lowest BCUT2D eigenvalue weighted by Crippen LogP contribution is -2.09. The maximum atomic E-state index is 6.31. The van der Waals surface area contributed by atoms with Gasteiger partial charge in [-0.2, -0.15) is 0 Å². The van der Waals surface area contributed by atoms with Crippen molar-refractivity contribution in [2.75, 3.05) is 27.3 Å². The van der Waals surface area contributed by atoms with Crippen LogP contribution in [-0.2, 0) is 4.74 Å². The number of hydrogen-bond acceptors (Lipinski definition) is 3. The van der Waals surface area contributed by atoms with Crippen molar-refractivity contribution in [1.29, 1.82) is 0 Å². The van der Waals surface area contributed by atoms with Gasteiger partial charge in [-0.25, -0.2) is 4.58 Å². The highest BCUT2D eigenvalue weighted by atomic mass is 16.5. The third-order valence-corrected chi connectivity index (χ3v) is 5.61. The normalized spacial score (nSPS) is 15.9. The first-order valence-electron chi connectivity index (χ1n) is 12.0. The average molecular weight is 467 g/mol. The zero-order chi connectivity index (χ0) is 24.6. The van der Waals surface area contributed by atoms with Gasteiger partial charge >= 0.3 is 0 Å². The molecule has 0 bridgehead atoms. The van der Waals surface area contributed by atoms with E-state index in [2.05, 4.69) is 59.2 Å². The molecule has 4 heteroatoms. The monoisotopic (exact) mass is 466 g/mol. The van der Waals surface area contributed by atoms with Crippen LogP contribution in [0.2, 0.25) is 0 Å². The summed E-state index contributed by atoms with van der Waals surface area (Å²) in [6.45, 7) is 5.26. The highest BCUT2D eigenvalue weighted by molar-refractivity contribution is 6.02. The molecule has 0 aromatic heterocycles. The van der Waals surface area contributed by atoms with Gasteiger partial charge in [0.25, 0.3) is 0 Å². The topological polar surface area (TPSA) is 30.7 Å². The Morgan fingerprint density at radius 3 is 1.83 bits per heavy atom. The highest BCUT2D eigenvalue weighted by Gasteiger charge is 2.15. The van der Waals surface area contributed by atoms with Crippen LogP contribution in [-0.4, -0.2) is 37.6 Å². The van der Waals surface area contributed by atoms with E-state index in [1.54, 1.807) is 0 Å². The summed E-state index contributed by atoms with van der Waals surface area (Å²) >= 11 is 0. The van der Waals surface area contributed by atoms with Gasteiger partial charge in [-0.1, -0.05) is 18.2 Å². The highest BCUT2D eigenvalue weighted by Crippen LogP contribution is 2.33. The minimum absolute atomic E-state index is 0.640. The summed E-state index contributed by atoms with van der Waals surface area (Å²) < 4.78 is 19.6. The van der Waals surface area contributed by atoms with E-state index in [0.717, 1.165) is 45.3 Å². The van der Waals surface area contributed by atoms with Crippen LogP contribution in [0.3, 0.4) is 0 Å². The zero-order valence-electron chi connectivity index (χ0n) is 20.8. The van der Waals surface area contributed by atoms with Crippen molar-refractivity contribution >= 4 is 17.0 Å². The molecule has 0 amide bonds. The molecule has 0 N–H and O–H groups in total. The molecule has 0 fully saturated rings. The van der Waals surface area contributed by atoms with E-state index >= 15 is 0 Å². The largest absolute Gasteiger partial charge is 0.494 e. The van der Waals surface area contributed by atoms with Gasteiger partial charge in [0, 0.05) is 17.7 Å². The van der Waals surface area contributed by atoms with E-state index in [9.17, 15) is 0 Å². The Balaban J connectivity index is 1.66. The summed E-state index contributed by atoms with van der Waals surface area (Å²) in [6, 6.07) is 16.2. The number of allylic oxidation sites excluding steroid dienone is 10. The predicted octanol–water partition coefficient (Wildman–Crippen LogP) is 6.59. The number of hydrogen-bond donors (Lipinski definition) is 0. The molecule has 1 heterocycles. The molecular weight excluding hydrogens is 434 g/mol. The van der Waals surface area contributed by atoms with Crippen LogP contribution in [0.25, 0.3) is 11.3 Å². The maximum Gasteiger partial charge on any atom is 0.199 e. The molecule has 2 aromatic carbocycles. The molecule has 0 radical (unpaired) electrons. The quantitative estimate of drug-likeness (QED) is 0.432. The Kier molecular flexibility index (Phi) is 7.84. The van der Waals surface area contributed by atoms with E-state index in [0.29, 0.717) is 13.2 Å². The first kappa shape index (κ1) is 24.1. The molecule has 0 saturated heterocycles. The molecule has 1 aliphatic heterocycles. The van der Waals surface area contributed by atoms with E-state index < -0.39 is 0 Å². The molecule has 4 nitrogen and oxygen atoms in total. The summed E-state index contributed by atoms with van der Waals surface area (Å²) in [5.74, 6) is 3.28. The minimum Gasteiger partial charge on any atom is -0.494 e. The molecule has 0 unspecified atom stereocenters. The SMILES string of the molecule is CCOc1ccc(C2=CC(=CC=C3C=CC(=[N+](C)C)C=C3)OC(c3ccc(OCC)cc3)=C2)cc1. The van der Waals surface area contributed by atoms with Crippen LogP contribution in [0.4, 0.5) is 0 Å². The van der Waals surface area contributed by atoms with Crippen molar-refractivity contribution < 1.29 is 18.8 Å². The standard InChI is InChI=1S/C31H32NO3/c1-5-33-28-17-10-24(11-18-28)26-21-30(16-9-23-7-14-27(15-8-23)32(3)4)35-31(22-26)25-12-19-29(20-13-25)34-6-2/h7-22H,5-6H2,1-4H3/q+1. The second kappa shape index (κ2) is 11.4. The summed E-state index contributed by atoms with van der Waals surface area (Å²) in [7, 11) is 4.08. The molecule has 2 aliphatic rings. The third-order valence-electron chi connectivity index (χ3n) is 5.61. The van der Waals surface area contributed by atoms with E-state index in [4.69, 9.17) is 14.2 Å². The minimum atomic E-state index is 0.640. The van der Waals surface area contributed by atoms with Crippen LogP contribution in [0, 0.1) is 0 Å². The lowest BCUT2D eigenvalue weighted by atomic mass is 10.00. The van der Waals surface area contributed by atoms with Crippen molar-refractivity contribution in [2.24, 2.45) is 0 Å². The van der Waals surface area contributed by atoms with Crippen molar-refractivity contribution in [3.05, 3.63) is 120 Å². The fourth-order valence-electron chi connectivity index (χ4n) is 3.77. The second-order valence-corrected chi connectivity index (χ2v) is 8.35. The van der Waals surface area contributed by atoms with Crippen molar-refractivity contribution in [3.63, 3.8) is 0 Å². The van der Waals surface area contributed by atoms with E-state index in [1.165, 1.54) is 5.71 Å². The van der Waals surface area contributed by atoms with Gasteiger partial charge in [-0.3, -0.25) is 0 Å². The van der Waals surface area contributed by atoms with Crippen LogP contribution in [0.5, 0.6) is 11.5 Å². The molecular formula is C31H32NO3+. The second-order valence-electron chi connectivity index (χ2n) is 8.35. The van der Waals surface area contributed by atoms with Gasteiger partial charge in [0.2, 0.25) is 0 Å². The predicted molar refractivity (Wildman–Crippen MR) is 144 cm³/mol. The smallest absolute Gasteiger partial charge is 0.199 e. The Bertz CT molecular complexity index is 1250. The molecule has 35 heavy (non-hydrogen) atoms. The van der Waals surface area contributed by atoms with Crippen LogP contribution in [0.1, 0.15) is 25.0 Å². The van der Waals surface area contributed by atoms with E-state index in [-0.39, 0.29) is 0 Å². The Morgan fingerprint density at radius 2 is 1.29 bits per heavy atom. The van der Waals surface area contributed by atoms with Crippen molar-refractivity contribution in [1.82, 2.24) is 0 Å². The number of ether oxygens (including phenoxy) is 3. The van der Waals surface area contributed by atoms with Gasteiger partial charge in [-0.15, -0.1) is 0 Å². The van der Waals surface area contributed by atoms with Gasteiger partial charge in [0.1, 0.15) is 37.1 Å². The first-order valence-corrected chi connectivity index (χ1v) is 12.0. The van der Waals surface area contributed by atoms with Crippen LogP contribution in [0.15, 0.2) is 108 Å². The summed E-state index contributed by atoms with van der Waals surface area (Å²) in [4.78, 5) is 0. The molecule has 0 atom stereocenters. The van der Waals surface area contributed by atoms with Crippen LogP contribution >= 0.6 is 0 Å². The van der Waals surface area contributed by atoms with Crippen molar-refractivity contribution in [3.8, 4) is 11.5 Å². The fourth-order valence-corrected chi connectivity index (χ4v) is 3.77. The van der Waals surface area contributed by atoms with E-state index in [1.807, 2.05) is 70.4 Å². The molecule has 4 rings (SSSR count). The Morgan fingerprint density at radius 1 is 0.714 bits per heavy atom. The van der Waals surface area contributed by atoms with Crippen molar-refractivity contribution in [2.45, 2.75) is 13.8 Å². The summed E-state index contributed by atoms with van der Waals surface area (Å²) in [5, 5.41) is 0. The number of rotatable bonds is 7. The van der Waals surface area contributed by atoms with Gasteiger partial charge in [-0.05, 0) is 97.3 Å². The summed E-state index contributed by atoms with van der Waals surface area (Å²) in [6.07, 6.45) is 16.7. The lowest BCUT2D eigenvalue weighted by molar-refractivity contribution is -0.462. The average Bonchev–Trinajstić information content (AvgIpc) is 2.89. The van der Waals surface area contributed by atoms with Gasteiger partial charge < -0.3 is 14.2 Å².